The van der Waals surface area contributed by atoms with Gasteiger partial charge in [0.05, 0.1) is 7.11 Å². The van der Waals surface area contributed by atoms with Crippen LogP contribution in [0, 0.1) is 0 Å². The van der Waals surface area contributed by atoms with Crippen LogP contribution in [0.2, 0.25) is 0 Å². The summed E-state index contributed by atoms with van der Waals surface area (Å²) in [5, 5.41) is 3.35. The summed E-state index contributed by atoms with van der Waals surface area (Å²) in [7, 11) is 3.74. The van der Waals surface area contributed by atoms with Gasteiger partial charge in [0.15, 0.2) is 0 Å². The van der Waals surface area contributed by atoms with Crippen molar-refractivity contribution in [2.24, 2.45) is 0 Å². The Hall–Kier alpha value is -0.670. The van der Waals surface area contributed by atoms with E-state index in [2.05, 4.69) is 23.7 Å². The van der Waals surface area contributed by atoms with Gasteiger partial charge in [0.2, 0.25) is 0 Å². The third kappa shape index (κ3) is 4.45. The van der Waals surface area contributed by atoms with Crippen molar-refractivity contribution in [2.75, 3.05) is 26.2 Å². The van der Waals surface area contributed by atoms with E-state index in [-0.39, 0.29) is 0 Å². The van der Waals surface area contributed by atoms with Crippen LogP contribution in [0.4, 0.5) is 0 Å². The molecule has 1 atom stereocenters. The molecular weight excluding hydrogens is 218 g/mol. The molecule has 1 aromatic rings. The molecule has 0 aliphatic heterocycles. The topological polar surface area (TPSA) is 21.3 Å². The minimum Gasteiger partial charge on any atom is -0.497 e. The molecule has 0 bridgehead atoms. The minimum absolute atomic E-state index is 0.608. The first-order chi connectivity index (χ1) is 7.80. The van der Waals surface area contributed by atoms with Gasteiger partial charge in [0.25, 0.3) is 0 Å². The maximum Gasteiger partial charge on any atom is 0.118 e. The molecule has 2 nitrogen and oxygen atoms in total. The molecule has 16 heavy (non-hydrogen) atoms. The molecule has 0 aliphatic rings. The Morgan fingerprint density at radius 3 is 2.50 bits per heavy atom. The molecule has 90 valence electrons. The lowest BCUT2D eigenvalue weighted by molar-refractivity contribution is 0.414. The van der Waals surface area contributed by atoms with E-state index in [0.29, 0.717) is 6.04 Å². The van der Waals surface area contributed by atoms with E-state index in [4.69, 9.17) is 4.74 Å². The van der Waals surface area contributed by atoms with Crippen LogP contribution in [0.5, 0.6) is 5.75 Å². The summed E-state index contributed by atoms with van der Waals surface area (Å²) in [6.07, 6.45) is 4.46. The van der Waals surface area contributed by atoms with Crippen LogP contribution in [-0.4, -0.2) is 32.2 Å². The van der Waals surface area contributed by atoms with E-state index < -0.39 is 0 Å². The van der Waals surface area contributed by atoms with Gasteiger partial charge in [0.1, 0.15) is 5.75 Å². The molecule has 0 aliphatic carbocycles. The van der Waals surface area contributed by atoms with Gasteiger partial charge in [-0.15, -0.1) is 0 Å². The van der Waals surface area contributed by atoms with Crippen LogP contribution in [0.15, 0.2) is 24.3 Å². The number of hydrogen-bond donors (Lipinski definition) is 1. The van der Waals surface area contributed by atoms with Gasteiger partial charge >= 0.3 is 0 Å². The monoisotopic (exact) mass is 239 g/mol. The largest absolute Gasteiger partial charge is 0.497 e. The molecule has 1 rings (SSSR count). The molecule has 0 fully saturated rings. The van der Waals surface area contributed by atoms with E-state index in [0.717, 1.165) is 12.2 Å². The third-order valence-electron chi connectivity index (χ3n) is 2.72. The Balaban J connectivity index is 2.40. The van der Waals surface area contributed by atoms with Gasteiger partial charge in [0, 0.05) is 11.8 Å². The molecule has 0 radical (unpaired) electrons. The van der Waals surface area contributed by atoms with E-state index in [1.807, 2.05) is 30.9 Å². The summed E-state index contributed by atoms with van der Waals surface area (Å²) in [6, 6.07) is 8.95. The van der Waals surface area contributed by atoms with Crippen molar-refractivity contribution >= 4 is 11.8 Å². The number of nitrogens with one attached hydrogen (secondary N) is 1. The van der Waals surface area contributed by atoms with Gasteiger partial charge in [-0.3, -0.25) is 0 Å². The molecule has 1 unspecified atom stereocenters. The molecule has 0 amide bonds. The first kappa shape index (κ1) is 13.4. The zero-order chi connectivity index (χ0) is 11.8. The van der Waals surface area contributed by atoms with Crippen molar-refractivity contribution in [3.05, 3.63) is 29.8 Å². The predicted octanol–water partition coefficient (Wildman–Crippen LogP) is 2.58. The number of aryl methyl sites for hydroxylation is 1. The fourth-order valence-electron chi connectivity index (χ4n) is 1.65. The standard InChI is InChI=1S/C13H21NOS/c1-14-12(10-16-3)7-4-11-5-8-13(15-2)9-6-11/h5-6,8-9,12,14H,4,7,10H2,1-3H3. The molecule has 3 heteroatoms. The Kier molecular flexibility index (Phi) is 6.34. The van der Waals surface area contributed by atoms with Crippen LogP contribution in [0.1, 0.15) is 12.0 Å². The summed E-state index contributed by atoms with van der Waals surface area (Å²) < 4.78 is 5.14. The molecule has 0 saturated carbocycles. The molecule has 0 saturated heterocycles. The quantitative estimate of drug-likeness (QED) is 0.790. The van der Waals surface area contributed by atoms with Crippen molar-refractivity contribution < 1.29 is 4.74 Å². The van der Waals surface area contributed by atoms with Crippen molar-refractivity contribution in [1.82, 2.24) is 5.32 Å². The van der Waals surface area contributed by atoms with E-state index in [1.165, 1.54) is 17.7 Å². The van der Waals surface area contributed by atoms with Crippen LogP contribution in [0.25, 0.3) is 0 Å². The summed E-state index contributed by atoms with van der Waals surface area (Å²) in [5.41, 5.74) is 1.38. The molecule has 0 spiro atoms. The smallest absolute Gasteiger partial charge is 0.118 e. The lowest BCUT2D eigenvalue weighted by atomic mass is 10.1. The van der Waals surface area contributed by atoms with Crippen molar-refractivity contribution in [3.8, 4) is 5.75 Å². The second-order valence-electron chi connectivity index (χ2n) is 3.83. The van der Waals surface area contributed by atoms with Gasteiger partial charge < -0.3 is 10.1 Å². The molecule has 0 heterocycles. The summed E-state index contributed by atoms with van der Waals surface area (Å²) >= 11 is 1.89. The highest BCUT2D eigenvalue weighted by Crippen LogP contribution is 2.13. The zero-order valence-electron chi connectivity index (χ0n) is 10.3. The van der Waals surface area contributed by atoms with E-state index in [9.17, 15) is 0 Å². The third-order valence-corrected chi connectivity index (χ3v) is 3.45. The van der Waals surface area contributed by atoms with Gasteiger partial charge in [-0.25, -0.2) is 0 Å². The van der Waals surface area contributed by atoms with Crippen molar-refractivity contribution in [3.63, 3.8) is 0 Å². The molecular formula is C13H21NOS. The Morgan fingerprint density at radius 2 is 2.00 bits per heavy atom. The Morgan fingerprint density at radius 1 is 1.31 bits per heavy atom. The number of benzene rings is 1. The predicted molar refractivity (Wildman–Crippen MR) is 72.5 cm³/mol. The first-order valence-corrected chi connectivity index (χ1v) is 6.98. The maximum absolute atomic E-state index is 5.14. The molecule has 1 aromatic carbocycles. The molecule has 1 N–H and O–H groups in total. The highest BCUT2D eigenvalue weighted by Gasteiger charge is 2.05. The van der Waals surface area contributed by atoms with Crippen LogP contribution in [0.3, 0.4) is 0 Å². The highest BCUT2D eigenvalue weighted by atomic mass is 32.2. The lowest BCUT2D eigenvalue weighted by Crippen LogP contribution is -2.28. The van der Waals surface area contributed by atoms with Gasteiger partial charge in [-0.05, 0) is 43.8 Å². The van der Waals surface area contributed by atoms with Crippen LogP contribution >= 0.6 is 11.8 Å². The van der Waals surface area contributed by atoms with Crippen LogP contribution in [-0.2, 0) is 6.42 Å². The van der Waals surface area contributed by atoms with Crippen molar-refractivity contribution in [1.29, 1.82) is 0 Å². The second-order valence-corrected chi connectivity index (χ2v) is 4.74. The summed E-state index contributed by atoms with van der Waals surface area (Å²) in [6.45, 7) is 0. The second kappa shape index (κ2) is 7.58. The van der Waals surface area contributed by atoms with Gasteiger partial charge in [-0.2, -0.15) is 11.8 Å². The fourth-order valence-corrected chi connectivity index (χ4v) is 2.38. The highest BCUT2D eigenvalue weighted by molar-refractivity contribution is 7.98. The van der Waals surface area contributed by atoms with Gasteiger partial charge in [-0.1, -0.05) is 12.1 Å². The number of rotatable bonds is 7. The maximum atomic E-state index is 5.14. The SMILES string of the molecule is CNC(CCc1ccc(OC)cc1)CSC. The van der Waals surface area contributed by atoms with Crippen LogP contribution < -0.4 is 10.1 Å². The van der Waals surface area contributed by atoms with Crippen molar-refractivity contribution in [2.45, 2.75) is 18.9 Å². The Labute approximate surface area is 103 Å². The summed E-state index contributed by atoms with van der Waals surface area (Å²) in [4.78, 5) is 0. The number of methoxy groups -OCH3 is 1. The van der Waals surface area contributed by atoms with E-state index in [1.54, 1.807) is 7.11 Å². The normalized spacial score (nSPS) is 12.4. The Bertz CT molecular complexity index is 286. The minimum atomic E-state index is 0.608. The number of thioether (sulfide) groups is 1. The average molecular weight is 239 g/mol. The summed E-state index contributed by atoms with van der Waals surface area (Å²) in [5.74, 6) is 2.10. The lowest BCUT2D eigenvalue weighted by Gasteiger charge is -2.14. The first-order valence-electron chi connectivity index (χ1n) is 5.59. The average Bonchev–Trinajstić information content (AvgIpc) is 2.35. The number of ether oxygens (including phenoxy) is 1. The fraction of sp³-hybridized carbons (Fsp3) is 0.538. The zero-order valence-corrected chi connectivity index (χ0v) is 11.1. The van der Waals surface area contributed by atoms with E-state index >= 15 is 0 Å². The molecule has 0 aromatic heterocycles. The number of hydrogen-bond acceptors (Lipinski definition) is 3.